The standard InChI is InChI=1S/C9H13N3O3/c1-13-7-4-8(12-9(10)11-7)15-6-2-3-14-5-6/h4,6H,2-3,5H2,1H3,(H2,10,11,12)/t6-/m0/s1. The van der Waals surface area contributed by atoms with E-state index in [0.29, 0.717) is 18.4 Å². The summed E-state index contributed by atoms with van der Waals surface area (Å²) in [6.45, 7) is 1.31. The van der Waals surface area contributed by atoms with Crippen LogP contribution in [0.5, 0.6) is 11.8 Å². The minimum absolute atomic E-state index is 0.0454. The van der Waals surface area contributed by atoms with Gasteiger partial charge in [0.1, 0.15) is 6.10 Å². The number of nitrogen functional groups attached to an aromatic ring is 1. The third kappa shape index (κ3) is 2.47. The fourth-order valence-electron chi connectivity index (χ4n) is 1.36. The van der Waals surface area contributed by atoms with Crippen molar-refractivity contribution in [3.63, 3.8) is 0 Å². The maximum absolute atomic E-state index is 5.56. The molecule has 15 heavy (non-hydrogen) atoms. The predicted molar refractivity (Wildman–Crippen MR) is 52.8 cm³/mol. The zero-order valence-corrected chi connectivity index (χ0v) is 8.47. The minimum atomic E-state index is 0.0454. The van der Waals surface area contributed by atoms with Gasteiger partial charge in [-0.3, -0.25) is 0 Å². The SMILES string of the molecule is COc1cc(O[C@H]2CCOC2)nc(N)n1. The minimum Gasteiger partial charge on any atom is -0.481 e. The maximum atomic E-state index is 5.56. The highest BCUT2D eigenvalue weighted by Crippen LogP contribution is 2.19. The van der Waals surface area contributed by atoms with Crippen LogP contribution in [0.25, 0.3) is 0 Å². The Kier molecular flexibility index (Phi) is 2.86. The second-order valence-corrected chi connectivity index (χ2v) is 3.21. The lowest BCUT2D eigenvalue weighted by Gasteiger charge is -2.11. The Morgan fingerprint density at radius 2 is 2.27 bits per heavy atom. The zero-order valence-electron chi connectivity index (χ0n) is 8.47. The Balaban J connectivity index is 2.09. The first-order valence-corrected chi connectivity index (χ1v) is 4.71. The van der Waals surface area contributed by atoms with Gasteiger partial charge in [-0.15, -0.1) is 0 Å². The third-order valence-electron chi connectivity index (χ3n) is 2.08. The van der Waals surface area contributed by atoms with E-state index in [0.717, 1.165) is 13.0 Å². The smallest absolute Gasteiger partial charge is 0.226 e. The first-order valence-electron chi connectivity index (χ1n) is 4.71. The molecule has 2 N–H and O–H groups in total. The van der Waals surface area contributed by atoms with Gasteiger partial charge in [-0.2, -0.15) is 9.97 Å². The van der Waals surface area contributed by atoms with E-state index in [1.165, 1.54) is 7.11 Å². The molecule has 0 aromatic carbocycles. The van der Waals surface area contributed by atoms with Gasteiger partial charge in [0.15, 0.2) is 0 Å². The lowest BCUT2D eigenvalue weighted by molar-refractivity contribution is 0.137. The molecular weight excluding hydrogens is 198 g/mol. The highest BCUT2D eigenvalue weighted by atomic mass is 16.5. The number of nitrogens with two attached hydrogens (primary N) is 1. The second-order valence-electron chi connectivity index (χ2n) is 3.21. The van der Waals surface area contributed by atoms with Crippen molar-refractivity contribution in [2.24, 2.45) is 0 Å². The van der Waals surface area contributed by atoms with Gasteiger partial charge in [-0.1, -0.05) is 0 Å². The number of nitrogens with zero attached hydrogens (tertiary/aromatic N) is 2. The van der Waals surface area contributed by atoms with Crippen LogP contribution in [0.4, 0.5) is 5.95 Å². The molecule has 1 aliphatic heterocycles. The molecular formula is C9H13N3O3. The van der Waals surface area contributed by atoms with Gasteiger partial charge >= 0.3 is 0 Å². The van der Waals surface area contributed by atoms with E-state index in [4.69, 9.17) is 19.9 Å². The molecule has 1 aliphatic rings. The number of aromatic nitrogens is 2. The number of ether oxygens (including phenoxy) is 3. The van der Waals surface area contributed by atoms with Crippen LogP contribution in [0, 0.1) is 0 Å². The fraction of sp³-hybridized carbons (Fsp3) is 0.556. The van der Waals surface area contributed by atoms with Crippen molar-refractivity contribution in [3.05, 3.63) is 6.07 Å². The highest BCUT2D eigenvalue weighted by molar-refractivity contribution is 5.29. The summed E-state index contributed by atoms with van der Waals surface area (Å²) in [5.74, 6) is 0.967. The van der Waals surface area contributed by atoms with Gasteiger partial charge in [0.2, 0.25) is 17.7 Å². The largest absolute Gasteiger partial charge is 0.481 e. The monoisotopic (exact) mass is 211 g/mol. The number of rotatable bonds is 3. The lowest BCUT2D eigenvalue weighted by Crippen LogP contribution is -2.17. The van der Waals surface area contributed by atoms with Gasteiger partial charge in [0, 0.05) is 6.42 Å². The van der Waals surface area contributed by atoms with Crippen LogP contribution >= 0.6 is 0 Å². The summed E-state index contributed by atoms with van der Waals surface area (Å²) in [7, 11) is 1.52. The molecule has 1 saturated heterocycles. The Labute approximate surface area is 87.4 Å². The van der Waals surface area contributed by atoms with Crippen molar-refractivity contribution in [3.8, 4) is 11.8 Å². The molecule has 2 rings (SSSR count). The molecule has 1 aromatic heterocycles. The van der Waals surface area contributed by atoms with Gasteiger partial charge in [0.25, 0.3) is 0 Å². The van der Waals surface area contributed by atoms with Crippen molar-refractivity contribution in [1.29, 1.82) is 0 Å². The van der Waals surface area contributed by atoms with E-state index in [-0.39, 0.29) is 12.1 Å². The Hall–Kier alpha value is -1.56. The molecule has 6 heteroatoms. The topological polar surface area (TPSA) is 79.5 Å². The van der Waals surface area contributed by atoms with E-state index in [9.17, 15) is 0 Å². The summed E-state index contributed by atoms with van der Waals surface area (Å²) in [6.07, 6.45) is 0.913. The van der Waals surface area contributed by atoms with Crippen molar-refractivity contribution in [2.45, 2.75) is 12.5 Å². The van der Waals surface area contributed by atoms with Crippen molar-refractivity contribution in [2.75, 3.05) is 26.1 Å². The number of hydrogen-bond donors (Lipinski definition) is 1. The molecule has 0 spiro atoms. The van der Waals surface area contributed by atoms with Crippen LogP contribution in [0.2, 0.25) is 0 Å². The molecule has 0 amide bonds. The molecule has 2 heterocycles. The van der Waals surface area contributed by atoms with Gasteiger partial charge in [-0.05, 0) is 0 Å². The van der Waals surface area contributed by atoms with Crippen LogP contribution in [0.3, 0.4) is 0 Å². The zero-order chi connectivity index (χ0) is 10.7. The van der Waals surface area contributed by atoms with Crippen molar-refractivity contribution >= 4 is 5.95 Å². The molecule has 0 aliphatic carbocycles. The fourth-order valence-corrected chi connectivity index (χ4v) is 1.36. The van der Waals surface area contributed by atoms with Gasteiger partial charge in [-0.25, -0.2) is 0 Å². The van der Waals surface area contributed by atoms with E-state index in [1.54, 1.807) is 6.07 Å². The molecule has 0 saturated carbocycles. The van der Waals surface area contributed by atoms with E-state index >= 15 is 0 Å². The number of methoxy groups -OCH3 is 1. The third-order valence-corrected chi connectivity index (χ3v) is 2.08. The molecule has 82 valence electrons. The summed E-state index contributed by atoms with van der Waals surface area (Å²) < 4.78 is 15.7. The quantitative estimate of drug-likeness (QED) is 0.771. The van der Waals surface area contributed by atoms with E-state index in [1.807, 2.05) is 0 Å². The summed E-state index contributed by atoms with van der Waals surface area (Å²) in [5, 5.41) is 0. The summed E-state index contributed by atoms with van der Waals surface area (Å²) >= 11 is 0. The molecule has 1 atom stereocenters. The molecule has 1 aromatic rings. The normalized spacial score (nSPS) is 20.2. The maximum Gasteiger partial charge on any atom is 0.226 e. The van der Waals surface area contributed by atoms with Crippen LogP contribution < -0.4 is 15.2 Å². The van der Waals surface area contributed by atoms with Crippen LogP contribution in [0.1, 0.15) is 6.42 Å². The Morgan fingerprint density at radius 3 is 2.93 bits per heavy atom. The van der Waals surface area contributed by atoms with Crippen molar-refractivity contribution < 1.29 is 14.2 Å². The predicted octanol–water partition coefficient (Wildman–Crippen LogP) is 0.235. The number of anilines is 1. The lowest BCUT2D eigenvalue weighted by atomic mass is 10.3. The second kappa shape index (κ2) is 4.31. The van der Waals surface area contributed by atoms with Gasteiger partial charge < -0.3 is 19.9 Å². The molecule has 0 radical (unpaired) electrons. The van der Waals surface area contributed by atoms with Crippen LogP contribution in [-0.2, 0) is 4.74 Å². The first-order chi connectivity index (χ1) is 7.28. The summed E-state index contributed by atoms with van der Waals surface area (Å²) in [5.41, 5.74) is 5.50. The van der Waals surface area contributed by atoms with Crippen LogP contribution in [-0.4, -0.2) is 36.4 Å². The van der Waals surface area contributed by atoms with Crippen LogP contribution in [0.15, 0.2) is 6.07 Å². The summed E-state index contributed by atoms with van der Waals surface area (Å²) in [6, 6.07) is 1.61. The average molecular weight is 211 g/mol. The Bertz CT molecular complexity index is 339. The average Bonchev–Trinajstić information content (AvgIpc) is 2.69. The molecule has 1 fully saturated rings. The van der Waals surface area contributed by atoms with Crippen molar-refractivity contribution in [1.82, 2.24) is 9.97 Å². The Morgan fingerprint density at radius 1 is 1.47 bits per heavy atom. The molecule has 6 nitrogen and oxygen atoms in total. The number of hydrogen-bond acceptors (Lipinski definition) is 6. The highest BCUT2D eigenvalue weighted by Gasteiger charge is 2.18. The molecule has 0 bridgehead atoms. The van der Waals surface area contributed by atoms with Gasteiger partial charge in [0.05, 0.1) is 26.4 Å². The van der Waals surface area contributed by atoms with E-state index in [2.05, 4.69) is 9.97 Å². The first kappa shape index (κ1) is 9.97. The molecule has 0 unspecified atom stereocenters. The summed E-state index contributed by atoms with van der Waals surface area (Å²) in [4.78, 5) is 7.81. The van der Waals surface area contributed by atoms with E-state index < -0.39 is 0 Å².